The Morgan fingerprint density at radius 1 is 1.29 bits per heavy atom. The molecular weight excluding hydrogens is 262 g/mol. The van der Waals surface area contributed by atoms with Crippen molar-refractivity contribution in [2.45, 2.75) is 40.2 Å². The molecule has 0 spiro atoms. The third-order valence-electron chi connectivity index (χ3n) is 3.04. The molecule has 4 N–H and O–H groups in total. The van der Waals surface area contributed by atoms with Gasteiger partial charge < -0.3 is 11.1 Å². The summed E-state index contributed by atoms with van der Waals surface area (Å²) in [7, 11) is 3.35. The van der Waals surface area contributed by atoms with Crippen molar-refractivity contribution in [3.8, 4) is 0 Å². The lowest BCUT2D eigenvalue weighted by atomic mass is 10.0. The molecule has 1 unspecified atom stereocenters. The molecule has 0 amide bonds. The predicted octanol–water partition coefficient (Wildman–Crippen LogP) is 2.06. The van der Waals surface area contributed by atoms with E-state index in [-0.39, 0.29) is 7.43 Å². The van der Waals surface area contributed by atoms with Crippen LogP contribution in [0.3, 0.4) is 0 Å². The molecule has 118 valence electrons. The molecule has 0 saturated carbocycles. The largest absolute Gasteiger partial charge is 0.370 e. The van der Waals surface area contributed by atoms with Crippen LogP contribution in [0.5, 0.6) is 0 Å². The smallest absolute Gasteiger partial charge is 0.198 e. The Balaban J connectivity index is 0.00000400. The van der Waals surface area contributed by atoms with Crippen LogP contribution in [0, 0.1) is 6.92 Å². The van der Waals surface area contributed by atoms with Crippen LogP contribution in [0.15, 0.2) is 34.3 Å². The van der Waals surface area contributed by atoms with Crippen molar-refractivity contribution in [3.63, 3.8) is 0 Å². The minimum Gasteiger partial charge on any atom is -0.370 e. The molecule has 0 saturated heterocycles. The van der Waals surface area contributed by atoms with Gasteiger partial charge in [0.2, 0.25) is 0 Å². The molecule has 0 aliphatic carbocycles. The monoisotopic (exact) mass is 291 g/mol. The zero-order chi connectivity index (χ0) is 15.0. The van der Waals surface area contributed by atoms with Gasteiger partial charge in [0.15, 0.2) is 11.9 Å². The van der Waals surface area contributed by atoms with E-state index < -0.39 is 0 Å². The highest BCUT2D eigenvalue weighted by atomic mass is 15.2. The summed E-state index contributed by atoms with van der Waals surface area (Å²) in [6.45, 7) is 4.24. The first-order chi connectivity index (χ1) is 9.55. The molecule has 1 aromatic rings. The SMILES string of the molecule is C.CN=C(N)NC(=NC)NC(C)CCc1cccc(C)c1. The Hall–Kier alpha value is -2.04. The van der Waals surface area contributed by atoms with Crippen molar-refractivity contribution in [3.05, 3.63) is 35.4 Å². The maximum Gasteiger partial charge on any atom is 0.198 e. The van der Waals surface area contributed by atoms with Crippen LogP contribution in [0.4, 0.5) is 0 Å². The first-order valence-corrected chi connectivity index (χ1v) is 6.83. The van der Waals surface area contributed by atoms with E-state index in [0.717, 1.165) is 12.8 Å². The fraction of sp³-hybridized carbons (Fsp3) is 0.500. The Bertz CT molecular complexity index is 479. The molecule has 0 heterocycles. The first kappa shape index (κ1) is 19.0. The second kappa shape index (κ2) is 9.80. The number of hydrogen-bond acceptors (Lipinski definition) is 2. The Labute approximate surface area is 128 Å². The van der Waals surface area contributed by atoms with E-state index in [4.69, 9.17) is 5.73 Å². The van der Waals surface area contributed by atoms with Crippen LogP contribution in [0.1, 0.15) is 31.9 Å². The van der Waals surface area contributed by atoms with Crippen LogP contribution in [-0.4, -0.2) is 32.1 Å². The highest BCUT2D eigenvalue weighted by molar-refractivity contribution is 5.97. The fourth-order valence-electron chi connectivity index (χ4n) is 1.89. The lowest BCUT2D eigenvalue weighted by Gasteiger charge is -2.17. The van der Waals surface area contributed by atoms with Crippen LogP contribution < -0.4 is 16.4 Å². The summed E-state index contributed by atoms with van der Waals surface area (Å²) in [5.74, 6) is 0.994. The number of aliphatic imine (C=N–C) groups is 2. The number of nitrogens with one attached hydrogen (secondary N) is 2. The molecule has 0 aromatic heterocycles. The molecule has 5 nitrogen and oxygen atoms in total. The zero-order valence-corrected chi connectivity index (χ0v) is 12.8. The van der Waals surface area contributed by atoms with E-state index in [1.165, 1.54) is 11.1 Å². The molecule has 0 aliphatic heterocycles. The van der Waals surface area contributed by atoms with Crippen molar-refractivity contribution < 1.29 is 0 Å². The van der Waals surface area contributed by atoms with E-state index >= 15 is 0 Å². The number of benzene rings is 1. The van der Waals surface area contributed by atoms with Gasteiger partial charge in [-0.2, -0.15) is 0 Å². The van der Waals surface area contributed by atoms with E-state index in [1.54, 1.807) is 14.1 Å². The summed E-state index contributed by atoms with van der Waals surface area (Å²) in [6, 6.07) is 8.90. The number of guanidine groups is 2. The Morgan fingerprint density at radius 3 is 2.57 bits per heavy atom. The standard InChI is InChI=1S/C15H25N5.CH4/c1-11-6-5-7-13(10-11)9-8-12(2)19-15(18-4)20-14(16)17-3;/h5-7,10,12H,8-9H2,1-4H3,(H4,16,17,18,19,20);1H4. The number of hydrogen-bond donors (Lipinski definition) is 3. The van der Waals surface area contributed by atoms with Gasteiger partial charge in [-0.1, -0.05) is 37.3 Å². The number of nitrogens with zero attached hydrogens (tertiary/aromatic N) is 2. The minimum absolute atomic E-state index is 0. The third-order valence-corrected chi connectivity index (χ3v) is 3.04. The molecule has 1 aromatic carbocycles. The Kier molecular flexibility index (Phi) is 8.85. The summed E-state index contributed by atoms with van der Waals surface area (Å²) in [6.07, 6.45) is 2.05. The molecule has 0 fully saturated rings. The van der Waals surface area contributed by atoms with Crippen LogP contribution >= 0.6 is 0 Å². The zero-order valence-electron chi connectivity index (χ0n) is 12.8. The lowest BCUT2D eigenvalue weighted by molar-refractivity contribution is 0.600. The van der Waals surface area contributed by atoms with E-state index in [1.807, 2.05) is 0 Å². The van der Waals surface area contributed by atoms with Crippen molar-refractivity contribution in [1.29, 1.82) is 0 Å². The van der Waals surface area contributed by atoms with Gasteiger partial charge in [0.05, 0.1) is 0 Å². The summed E-state index contributed by atoms with van der Waals surface area (Å²) in [4.78, 5) is 7.97. The number of nitrogens with two attached hydrogens (primary N) is 1. The Morgan fingerprint density at radius 2 is 2.00 bits per heavy atom. The van der Waals surface area contributed by atoms with Crippen LogP contribution in [0.2, 0.25) is 0 Å². The van der Waals surface area contributed by atoms with Gasteiger partial charge in [-0.25, -0.2) is 0 Å². The van der Waals surface area contributed by atoms with Gasteiger partial charge in [-0.05, 0) is 32.3 Å². The average molecular weight is 291 g/mol. The summed E-state index contributed by atoms with van der Waals surface area (Å²) >= 11 is 0. The van der Waals surface area contributed by atoms with Crippen LogP contribution in [-0.2, 0) is 6.42 Å². The van der Waals surface area contributed by atoms with Gasteiger partial charge in [0.25, 0.3) is 0 Å². The molecule has 1 atom stereocenters. The third kappa shape index (κ3) is 7.34. The summed E-state index contributed by atoms with van der Waals surface area (Å²) < 4.78 is 0. The maximum atomic E-state index is 5.62. The van der Waals surface area contributed by atoms with E-state index in [2.05, 4.69) is 58.7 Å². The topological polar surface area (TPSA) is 74.8 Å². The van der Waals surface area contributed by atoms with Gasteiger partial charge >= 0.3 is 0 Å². The van der Waals surface area contributed by atoms with Crippen molar-refractivity contribution in [2.75, 3.05) is 14.1 Å². The van der Waals surface area contributed by atoms with Crippen molar-refractivity contribution in [1.82, 2.24) is 10.6 Å². The van der Waals surface area contributed by atoms with Gasteiger partial charge in [0.1, 0.15) is 0 Å². The molecule has 5 heteroatoms. The van der Waals surface area contributed by atoms with Gasteiger partial charge in [0, 0.05) is 20.1 Å². The minimum atomic E-state index is 0. The lowest BCUT2D eigenvalue weighted by Crippen LogP contribution is -2.47. The molecule has 0 bridgehead atoms. The summed E-state index contributed by atoms with van der Waals surface area (Å²) in [5.41, 5.74) is 8.28. The van der Waals surface area contributed by atoms with Gasteiger partial charge in [-0.3, -0.25) is 15.3 Å². The predicted molar refractivity (Wildman–Crippen MR) is 92.9 cm³/mol. The second-order valence-corrected chi connectivity index (χ2v) is 4.88. The van der Waals surface area contributed by atoms with E-state index in [9.17, 15) is 0 Å². The molecule has 0 radical (unpaired) electrons. The molecule has 0 aliphatic rings. The summed E-state index contributed by atoms with van der Waals surface area (Å²) in [5, 5.41) is 6.22. The first-order valence-electron chi connectivity index (χ1n) is 6.83. The number of rotatable bonds is 4. The van der Waals surface area contributed by atoms with E-state index in [0.29, 0.717) is 18.0 Å². The fourth-order valence-corrected chi connectivity index (χ4v) is 1.89. The molecule has 21 heavy (non-hydrogen) atoms. The molecule has 1 rings (SSSR count). The average Bonchev–Trinajstić information content (AvgIpc) is 2.44. The van der Waals surface area contributed by atoms with Gasteiger partial charge in [-0.15, -0.1) is 0 Å². The second-order valence-electron chi connectivity index (χ2n) is 4.88. The quantitative estimate of drug-likeness (QED) is 0.587. The highest BCUT2D eigenvalue weighted by Crippen LogP contribution is 2.07. The maximum absolute atomic E-state index is 5.62. The molecular formula is C16H29N5. The van der Waals surface area contributed by atoms with Crippen LogP contribution in [0.25, 0.3) is 0 Å². The normalized spacial score (nSPS) is 13.3. The van der Waals surface area contributed by atoms with Crippen molar-refractivity contribution in [2.24, 2.45) is 15.7 Å². The van der Waals surface area contributed by atoms with Crippen molar-refractivity contribution >= 4 is 11.9 Å². The highest BCUT2D eigenvalue weighted by Gasteiger charge is 2.06. The number of aryl methyl sites for hydroxylation is 2.